The molecular weight excluding hydrogens is 799 g/mol. The molecule has 5 aromatic heterocycles. The van der Waals surface area contributed by atoms with Crippen LogP contribution < -0.4 is 5.73 Å². The van der Waals surface area contributed by atoms with Crippen molar-refractivity contribution in [1.29, 1.82) is 0 Å². The van der Waals surface area contributed by atoms with Gasteiger partial charge in [-0.3, -0.25) is 5.10 Å². The van der Waals surface area contributed by atoms with Crippen molar-refractivity contribution in [1.82, 2.24) is 39.4 Å². The number of nitrogens with one attached hydrogen (secondary N) is 1. The molecule has 332 valence electrons. The number of ether oxygens (including phenoxy) is 3. The number of carboxylic acid groups (broad SMARTS) is 3. The van der Waals surface area contributed by atoms with Gasteiger partial charge in [0.05, 0.1) is 31.3 Å². The van der Waals surface area contributed by atoms with Crippen molar-refractivity contribution < 1.29 is 53.4 Å². The van der Waals surface area contributed by atoms with E-state index in [9.17, 15) is 14.4 Å². The number of aromatic carboxylic acids is 3. The highest BCUT2D eigenvalue weighted by Crippen LogP contribution is 2.36. The Morgan fingerprint density at radius 3 is 1.85 bits per heavy atom. The zero-order chi connectivity index (χ0) is 43.9. The van der Waals surface area contributed by atoms with E-state index in [0.29, 0.717) is 36.8 Å². The van der Waals surface area contributed by atoms with Crippen molar-refractivity contribution in [2.45, 2.75) is 98.8 Å². The standard InChI is InChI=1S/C15H23N3O3Si.C10H20O3.C9H9N3O3.C4H5N3O2.CH4/c1-15(2,3)22(4,5)21-7-6-11-8-16-13-12(14(19)20)9-17-18(13)10-11;1-4-11-8(3)9-6-7-13-10(9)12-5-2;13-2-1-6-3-10-8-7(9(14)15)4-11-12(8)5-6;5-3-2(4(8)9)1-6-7-3;/h8-10H,6-7H2,1-5H3,(H,19,20);8-10H,4-7H2,1-3H3;3-5,13H,1-2H2,(H,14,15);1H,(H,8,9)(H3,5,6,7);1H4. The van der Waals surface area contributed by atoms with Crippen LogP contribution >= 0.6 is 0 Å². The number of hydrogen-bond donors (Lipinski definition) is 6. The summed E-state index contributed by atoms with van der Waals surface area (Å²) < 4.78 is 25.5. The Morgan fingerprint density at radius 2 is 1.43 bits per heavy atom. The maximum atomic E-state index is 11.0. The summed E-state index contributed by atoms with van der Waals surface area (Å²) in [7, 11) is -1.74. The first-order chi connectivity index (χ1) is 27.8. The number of aliphatic hydroxyl groups excluding tert-OH is 1. The third-order valence-corrected chi connectivity index (χ3v) is 14.2. The third-order valence-electron chi connectivity index (χ3n) is 9.69. The molecule has 0 saturated carbocycles. The highest BCUT2D eigenvalue weighted by atomic mass is 28.4. The van der Waals surface area contributed by atoms with E-state index in [1.807, 2.05) is 20.0 Å². The van der Waals surface area contributed by atoms with Gasteiger partial charge >= 0.3 is 17.9 Å². The Bertz CT molecular complexity index is 2110. The lowest BCUT2D eigenvalue weighted by Crippen LogP contribution is -2.41. The molecule has 0 radical (unpaired) electrons. The van der Waals surface area contributed by atoms with E-state index in [1.54, 1.807) is 18.6 Å². The van der Waals surface area contributed by atoms with Crippen LogP contribution in [0.5, 0.6) is 0 Å². The second kappa shape index (κ2) is 23.5. The first-order valence-electron chi connectivity index (χ1n) is 19.1. The quantitative estimate of drug-likeness (QED) is 0.0793. The van der Waals surface area contributed by atoms with Crippen LogP contribution in [0.4, 0.5) is 5.82 Å². The normalized spacial score (nSPS) is 15.4. The van der Waals surface area contributed by atoms with Crippen molar-refractivity contribution in [2.24, 2.45) is 5.92 Å². The third kappa shape index (κ3) is 14.2. The lowest BCUT2D eigenvalue weighted by atomic mass is 10.0. The molecule has 1 fully saturated rings. The summed E-state index contributed by atoms with van der Waals surface area (Å²) in [4.78, 5) is 40.1. The van der Waals surface area contributed by atoms with E-state index >= 15 is 0 Å². The number of carboxylic acids is 3. The Balaban J connectivity index is 0.000000287. The summed E-state index contributed by atoms with van der Waals surface area (Å²) in [6, 6.07) is 0. The number of aromatic nitrogens is 8. The molecule has 20 nitrogen and oxygen atoms in total. The summed E-state index contributed by atoms with van der Waals surface area (Å²) in [5.74, 6) is -2.65. The van der Waals surface area contributed by atoms with Gasteiger partial charge in [0.25, 0.3) is 0 Å². The fourth-order valence-electron chi connectivity index (χ4n) is 5.38. The molecule has 0 bridgehead atoms. The Hall–Kier alpha value is -5.32. The van der Waals surface area contributed by atoms with E-state index in [0.717, 1.165) is 43.4 Å². The highest BCUT2D eigenvalue weighted by molar-refractivity contribution is 6.74. The van der Waals surface area contributed by atoms with Crippen molar-refractivity contribution in [3.8, 4) is 0 Å². The summed E-state index contributed by atoms with van der Waals surface area (Å²) in [6.07, 6.45) is 12.9. The zero-order valence-corrected chi connectivity index (χ0v) is 35.8. The van der Waals surface area contributed by atoms with Crippen LogP contribution in [0.1, 0.15) is 97.6 Å². The SMILES string of the molecule is C.CC(C)(C)[Si](C)(C)OCCc1cnc2c(C(=O)O)cnn2c1.CCOC(C)C1CCOC1OCC.Nc1[nH]ncc1C(=O)O.O=C(O)c1cnn2cc(CCO)cnc12. The second-order valence-electron chi connectivity index (χ2n) is 14.8. The minimum Gasteiger partial charge on any atom is -0.477 e. The molecule has 60 heavy (non-hydrogen) atoms. The van der Waals surface area contributed by atoms with Crippen molar-refractivity contribution in [2.75, 3.05) is 38.8 Å². The van der Waals surface area contributed by atoms with Gasteiger partial charge in [0.1, 0.15) is 22.5 Å². The molecule has 7 N–H and O–H groups in total. The molecule has 5 aromatic rings. The van der Waals surface area contributed by atoms with Crippen LogP contribution in [0, 0.1) is 5.92 Å². The number of hydrogen-bond acceptors (Lipinski definition) is 14. The average Bonchev–Trinajstić information content (AvgIpc) is 3.99. The number of anilines is 1. The minimum atomic E-state index is -1.74. The monoisotopic (exact) mass is 859 g/mol. The molecule has 1 saturated heterocycles. The molecule has 0 aliphatic carbocycles. The van der Waals surface area contributed by atoms with Gasteiger partial charge in [-0.15, -0.1) is 0 Å². The molecular formula is C39H61N9O11Si. The number of carbonyl (C=O) groups is 3. The Morgan fingerprint density at radius 1 is 0.900 bits per heavy atom. The molecule has 21 heteroatoms. The molecule has 0 aromatic carbocycles. The molecule has 1 aliphatic heterocycles. The van der Waals surface area contributed by atoms with Gasteiger partial charge in [-0.05, 0) is 69.3 Å². The van der Waals surface area contributed by atoms with Crippen LogP contribution in [0.15, 0.2) is 43.4 Å². The Labute approximate surface area is 350 Å². The molecule has 0 amide bonds. The predicted octanol–water partition coefficient (Wildman–Crippen LogP) is 5.09. The van der Waals surface area contributed by atoms with Gasteiger partial charge in [-0.25, -0.2) is 33.4 Å². The summed E-state index contributed by atoms with van der Waals surface area (Å²) >= 11 is 0. The number of nitrogen functional groups attached to an aromatic ring is 1. The Kier molecular flexibility index (Phi) is 19.9. The number of nitrogens with two attached hydrogens (primary N) is 1. The van der Waals surface area contributed by atoms with Crippen molar-refractivity contribution in [3.05, 3.63) is 71.2 Å². The van der Waals surface area contributed by atoms with Crippen LogP contribution in [0.25, 0.3) is 11.3 Å². The molecule has 1 aliphatic rings. The number of nitrogens with zero attached hydrogens (tertiary/aromatic N) is 7. The van der Waals surface area contributed by atoms with Gasteiger partial charge in [-0.2, -0.15) is 15.3 Å². The molecule has 6 rings (SSSR count). The average molecular weight is 860 g/mol. The lowest BCUT2D eigenvalue weighted by Gasteiger charge is -2.36. The number of rotatable bonds is 14. The maximum Gasteiger partial charge on any atom is 0.341 e. The lowest BCUT2D eigenvalue weighted by molar-refractivity contribution is -0.149. The smallest absolute Gasteiger partial charge is 0.341 e. The van der Waals surface area contributed by atoms with Gasteiger partial charge in [0.2, 0.25) is 0 Å². The molecule has 3 unspecified atom stereocenters. The van der Waals surface area contributed by atoms with Crippen LogP contribution in [0.2, 0.25) is 18.1 Å². The number of fused-ring (bicyclic) bond motifs is 2. The first kappa shape index (κ1) is 50.8. The van der Waals surface area contributed by atoms with E-state index in [4.69, 9.17) is 44.8 Å². The molecule has 6 heterocycles. The predicted molar refractivity (Wildman–Crippen MR) is 225 cm³/mol. The van der Waals surface area contributed by atoms with Gasteiger partial charge in [0, 0.05) is 57.1 Å². The fraction of sp³-hybridized carbons (Fsp3) is 0.538. The zero-order valence-electron chi connectivity index (χ0n) is 34.8. The number of H-pyrrole nitrogens is 1. The van der Waals surface area contributed by atoms with E-state index < -0.39 is 26.2 Å². The summed E-state index contributed by atoms with van der Waals surface area (Å²) in [5.41, 5.74) is 7.80. The van der Waals surface area contributed by atoms with E-state index in [1.165, 1.54) is 21.4 Å². The topological polar surface area (TPSA) is 284 Å². The molecule has 0 spiro atoms. The minimum absolute atomic E-state index is 0. The summed E-state index contributed by atoms with van der Waals surface area (Å²) in [6.45, 7) is 20.1. The largest absolute Gasteiger partial charge is 0.477 e. The first-order valence-corrected chi connectivity index (χ1v) is 22.0. The van der Waals surface area contributed by atoms with E-state index in [-0.39, 0.29) is 54.0 Å². The number of aromatic amines is 1. The van der Waals surface area contributed by atoms with Crippen molar-refractivity contribution >= 4 is 43.3 Å². The second-order valence-corrected chi connectivity index (χ2v) is 19.6. The van der Waals surface area contributed by atoms with Crippen molar-refractivity contribution in [3.63, 3.8) is 0 Å². The van der Waals surface area contributed by atoms with Crippen LogP contribution in [-0.4, -0.2) is 131 Å². The highest BCUT2D eigenvalue weighted by Gasteiger charge is 2.37. The fourth-order valence-corrected chi connectivity index (χ4v) is 6.43. The van der Waals surface area contributed by atoms with Gasteiger partial charge in [-0.1, -0.05) is 28.2 Å². The summed E-state index contributed by atoms with van der Waals surface area (Å²) in [5, 5.41) is 48.7. The van der Waals surface area contributed by atoms with Crippen LogP contribution in [-0.2, 0) is 31.5 Å². The van der Waals surface area contributed by atoms with Gasteiger partial charge < -0.3 is 44.8 Å². The van der Waals surface area contributed by atoms with Crippen LogP contribution in [0.3, 0.4) is 0 Å². The van der Waals surface area contributed by atoms with E-state index in [2.05, 4.69) is 71.2 Å². The molecule has 3 atom stereocenters. The number of aliphatic hydroxyl groups is 1. The van der Waals surface area contributed by atoms with Gasteiger partial charge in [0.15, 0.2) is 25.9 Å². The maximum absolute atomic E-state index is 11.0.